The predicted octanol–water partition coefficient (Wildman–Crippen LogP) is 5.77. The van der Waals surface area contributed by atoms with E-state index in [0.717, 1.165) is 24.3 Å². The fraction of sp³-hybridized carbons (Fsp3) is 0.632. The van der Waals surface area contributed by atoms with Gasteiger partial charge in [0.15, 0.2) is 0 Å². The van der Waals surface area contributed by atoms with Crippen molar-refractivity contribution in [3.05, 3.63) is 35.1 Å². The highest BCUT2D eigenvalue weighted by atomic mass is 19.1. The lowest BCUT2D eigenvalue weighted by Gasteiger charge is -2.29. The maximum absolute atomic E-state index is 13.8. The minimum absolute atomic E-state index is 0.228. The number of carboxylic acid groups (broad SMARTS) is 1. The van der Waals surface area contributed by atoms with Crippen LogP contribution < -0.4 is 0 Å². The van der Waals surface area contributed by atoms with Gasteiger partial charge in [-0.3, -0.25) is 0 Å². The van der Waals surface area contributed by atoms with Crippen molar-refractivity contribution in [1.29, 1.82) is 0 Å². The zero-order chi connectivity index (χ0) is 15.9. The molecule has 0 amide bonds. The highest BCUT2D eigenvalue weighted by molar-refractivity contribution is 5.87. The van der Waals surface area contributed by atoms with E-state index in [0.29, 0.717) is 5.92 Å². The van der Waals surface area contributed by atoms with Crippen molar-refractivity contribution in [2.75, 3.05) is 0 Å². The molecule has 0 aliphatic heterocycles. The zero-order valence-electron chi connectivity index (χ0n) is 13.5. The topological polar surface area (TPSA) is 37.3 Å². The van der Waals surface area contributed by atoms with Crippen molar-refractivity contribution >= 4 is 5.97 Å². The van der Waals surface area contributed by atoms with Crippen LogP contribution in [0.4, 0.5) is 4.39 Å². The number of rotatable bonds is 7. The average Bonchev–Trinajstić information content (AvgIpc) is 2.52. The third kappa shape index (κ3) is 4.56. The van der Waals surface area contributed by atoms with Crippen molar-refractivity contribution in [2.24, 2.45) is 5.92 Å². The lowest BCUT2D eigenvalue weighted by Crippen LogP contribution is -2.14. The molecule has 0 saturated heterocycles. The molecule has 0 bridgehead atoms. The highest BCUT2D eigenvalue weighted by Gasteiger charge is 2.23. The van der Waals surface area contributed by atoms with Gasteiger partial charge >= 0.3 is 5.97 Å². The van der Waals surface area contributed by atoms with E-state index < -0.39 is 11.8 Å². The van der Waals surface area contributed by atoms with Crippen LogP contribution in [-0.4, -0.2) is 11.1 Å². The Hall–Kier alpha value is -1.38. The van der Waals surface area contributed by atoms with Crippen LogP contribution >= 0.6 is 0 Å². The van der Waals surface area contributed by atoms with Gasteiger partial charge in [-0.1, -0.05) is 45.1 Å². The van der Waals surface area contributed by atoms with Crippen molar-refractivity contribution in [3.8, 4) is 0 Å². The molecule has 0 radical (unpaired) electrons. The second-order valence-electron chi connectivity index (χ2n) is 6.61. The molecule has 0 heterocycles. The normalized spacial score (nSPS) is 21.7. The van der Waals surface area contributed by atoms with Gasteiger partial charge in [-0.05, 0) is 55.2 Å². The molecule has 2 nitrogen and oxygen atoms in total. The van der Waals surface area contributed by atoms with Crippen molar-refractivity contribution < 1.29 is 14.3 Å². The van der Waals surface area contributed by atoms with Gasteiger partial charge in [0.25, 0.3) is 0 Å². The van der Waals surface area contributed by atoms with Crippen LogP contribution in [0.15, 0.2) is 18.2 Å². The number of halogens is 1. The van der Waals surface area contributed by atoms with Gasteiger partial charge in [-0.15, -0.1) is 0 Å². The summed E-state index contributed by atoms with van der Waals surface area (Å²) in [6, 6.07) is 4.62. The molecule has 1 aliphatic rings. The molecule has 1 aromatic rings. The largest absolute Gasteiger partial charge is 0.478 e. The van der Waals surface area contributed by atoms with E-state index in [1.165, 1.54) is 57.1 Å². The number of aromatic carboxylic acids is 1. The molecule has 0 atom stereocenters. The summed E-state index contributed by atoms with van der Waals surface area (Å²) in [5.41, 5.74) is 0.736. The lowest BCUT2D eigenvalue weighted by atomic mass is 9.77. The molecular weight excluding hydrogens is 279 g/mol. The van der Waals surface area contributed by atoms with Crippen LogP contribution in [0.5, 0.6) is 0 Å². The van der Waals surface area contributed by atoms with Gasteiger partial charge < -0.3 is 5.11 Å². The molecule has 122 valence electrons. The Balaban J connectivity index is 1.84. The minimum atomic E-state index is -1.19. The lowest BCUT2D eigenvalue weighted by molar-refractivity contribution is 0.0692. The number of carboxylic acids is 1. The molecule has 0 spiro atoms. The maximum Gasteiger partial charge on any atom is 0.338 e. The summed E-state index contributed by atoms with van der Waals surface area (Å²) in [4.78, 5) is 10.9. The molecule has 1 aliphatic carbocycles. The molecule has 3 heteroatoms. The monoisotopic (exact) mass is 306 g/mol. The first kappa shape index (κ1) is 17.0. The number of unbranched alkanes of at least 4 members (excludes halogenated alkanes) is 3. The van der Waals surface area contributed by atoms with E-state index in [9.17, 15) is 9.18 Å². The Bertz CT molecular complexity index is 490. The number of carbonyl (C=O) groups is 1. The highest BCUT2D eigenvalue weighted by Crippen LogP contribution is 2.38. The van der Waals surface area contributed by atoms with Crippen molar-refractivity contribution in [1.82, 2.24) is 0 Å². The van der Waals surface area contributed by atoms with Crippen LogP contribution in [0.1, 0.15) is 86.6 Å². The summed E-state index contributed by atoms with van der Waals surface area (Å²) in [5, 5.41) is 8.88. The number of hydrogen-bond donors (Lipinski definition) is 1. The Labute approximate surface area is 132 Å². The fourth-order valence-corrected chi connectivity index (χ4v) is 3.60. The second-order valence-corrected chi connectivity index (χ2v) is 6.61. The van der Waals surface area contributed by atoms with Crippen molar-refractivity contribution in [3.63, 3.8) is 0 Å². The zero-order valence-corrected chi connectivity index (χ0v) is 13.5. The first-order valence-electron chi connectivity index (χ1n) is 8.64. The second kappa shape index (κ2) is 8.30. The summed E-state index contributed by atoms with van der Waals surface area (Å²) < 4.78 is 13.8. The summed E-state index contributed by atoms with van der Waals surface area (Å²) in [7, 11) is 0. The Morgan fingerprint density at radius 2 is 1.91 bits per heavy atom. The summed E-state index contributed by atoms with van der Waals surface area (Å²) in [6.07, 6.45) is 11.3. The van der Waals surface area contributed by atoms with Crippen LogP contribution in [0.2, 0.25) is 0 Å². The Morgan fingerprint density at radius 1 is 1.18 bits per heavy atom. The SMILES string of the molecule is CCCCCCC1CCC(c2ccc(C(=O)O)c(F)c2)CC1. The maximum atomic E-state index is 13.8. The third-order valence-electron chi connectivity index (χ3n) is 5.01. The average molecular weight is 306 g/mol. The van der Waals surface area contributed by atoms with Crippen LogP contribution in [0, 0.1) is 11.7 Å². The van der Waals surface area contributed by atoms with E-state index >= 15 is 0 Å². The number of benzene rings is 1. The Morgan fingerprint density at radius 3 is 2.50 bits per heavy atom. The summed E-state index contributed by atoms with van der Waals surface area (Å²) in [5.74, 6) is -0.577. The molecule has 1 N–H and O–H groups in total. The molecule has 1 saturated carbocycles. The van der Waals surface area contributed by atoms with Crippen LogP contribution in [0.25, 0.3) is 0 Å². The van der Waals surface area contributed by atoms with Gasteiger partial charge in [0.2, 0.25) is 0 Å². The minimum Gasteiger partial charge on any atom is -0.478 e. The van der Waals surface area contributed by atoms with E-state index in [-0.39, 0.29) is 5.56 Å². The smallest absolute Gasteiger partial charge is 0.338 e. The molecule has 1 fully saturated rings. The first-order valence-corrected chi connectivity index (χ1v) is 8.64. The molecule has 1 aromatic carbocycles. The third-order valence-corrected chi connectivity index (χ3v) is 5.01. The molecule has 0 aromatic heterocycles. The quantitative estimate of drug-likeness (QED) is 0.649. The summed E-state index contributed by atoms with van der Waals surface area (Å²) in [6.45, 7) is 2.24. The van der Waals surface area contributed by atoms with Gasteiger partial charge in [0.1, 0.15) is 5.82 Å². The first-order chi connectivity index (χ1) is 10.6. The standard InChI is InChI=1S/C19H27FO2/c1-2-3-4-5-6-14-7-9-15(10-8-14)16-11-12-17(19(21)22)18(20)13-16/h11-15H,2-10H2,1H3,(H,21,22). The van der Waals surface area contributed by atoms with Crippen molar-refractivity contribution in [2.45, 2.75) is 70.6 Å². The summed E-state index contributed by atoms with van der Waals surface area (Å²) >= 11 is 0. The van der Waals surface area contributed by atoms with E-state index in [2.05, 4.69) is 6.92 Å². The van der Waals surface area contributed by atoms with E-state index in [1.807, 2.05) is 0 Å². The molecule has 22 heavy (non-hydrogen) atoms. The predicted molar refractivity (Wildman–Crippen MR) is 86.8 cm³/mol. The molecule has 2 rings (SSSR count). The molecule has 0 unspecified atom stereocenters. The van der Waals surface area contributed by atoms with E-state index in [1.54, 1.807) is 6.07 Å². The van der Waals surface area contributed by atoms with Crippen LogP contribution in [0.3, 0.4) is 0 Å². The number of hydrogen-bond acceptors (Lipinski definition) is 1. The van der Waals surface area contributed by atoms with Gasteiger partial charge in [-0.2, -0.15) is 0 Å². The van der Waals surface area contributed by atoms with Crippen LogP contribution in [-0.2, 0) is 0 Å². The fourth-order valence-electron chi connectivity index (χ4n) is 3.60. The molecular formula is C19H27FO2. The van der Waals surface area contributed by atoms with Gasteiger partial charge in [-0.25, -0.2) is 9.18 Å². The van der Waals surface area contributed by atoms with Gasteiger partial charge in [0.05, 0.1) is 5.56 Å². The van der Waals surface area contributed by atoms with E-state index in [4.69, 9.17) is 5.11 Å². The Kier molecular flexibility index (Phi) is 6.41. The van der Waals surface area contributed by atoms with Gasteiger partial charge in [0, 0.05) is 0 Å².